The van der Waals surface area contributed by atoms with Gasteiger partial charge in [-0.15, -0.1) is 0 Å². The molecule has 2 amide bonds. The van der Waals surface area contributed by atoms with Crippen LogP contribution in [0.3, 0.4) is 0 Å². The lowest BCUT2D eigenvalue weighted by Gasteiger charge is -2.30. The molecule has 0 aliphatic carbocycles. The highest BCUT2D eigenvalue weighted by molar-refractivity contribution is 14.1. The summed E-state index contributed by atoms with van der Waals surface area (Å²) >= 11 is 14.7. The number of nitrogens with one attached hydrogen (secondary N) is 1. The molecule has 1 atom stereocenters. The fourth-order valence-electron chi connectivity index (χ4n) is 2.70. The molecule has 0 saturated heterocycles. The predicted molar refractivity (Wildman–Crippen MR) is 120 cm³/mol. The highest BCUT2D eigenvalue weighted by Gasteiger charge is 2.29. The van der Waals surface area contributed by atoms with E-state index in [4.69, 9.17) is 27.9 Å². The molecule has 0 aliphatic heterocycles. The third-order valence-corrected chi connectivity index (χ3v) is 5.63. The van der Waals surface area contributed by atoms with E-state index in [1.54, 1.807) is 30.3 Å². The zero-order valence-electron chi connectivity index (χ0n) is 15.5. The second-order valence-electron chi connectivity index (χ2n) is 6.00. The first-order valence-electron chi connectivity index (χ1n) is 8.69. The van der Waals surface area contributed by atoms with E-state index in [1.165, 1.54) is 11.9 Å². The van der Waals surface area contributed by atoms with E-state index >= 15 is 0 Å². The molecule has 0 aliphatic rings. The standard InChI is InChI=1S/C20H21Cl2IN2O3/c1-3-18(20(27)24-2)25(11-15-16(21)5-4-6-17(15)22)19(26)12-28-14-9-7-13(23)8-10-14/h4-10,18H,3,11-12H2,1-2H3,(H,24,27). The van der Waals surface area contributed by atoms with E-state index in [2.05, 4.69) is 27.9 Å². The van der Waals surface area contributed by atoms with Crippen molar-refractivity contribution < 1.29 is 14.3 Å². The van der Waals surface area contributed by atoms with Crippen molar-refractivity contribution in [3.63, 3.8) is 0 Å². The maximum Gasteiger partial charge on any atom is 0.261 e. The van der Waals surface area contributed by atoms with Gasteiger partial charge >= 0.3 is 0 Å². The first-order chi connectivity index (χ1) is 13.4. The van der Waals surface area contributed by atoms with E-state index in [9.17, 15) is 9.59 Å². The van der Waals surface area contributed by atoms with Crippen molar-refractivity contribution >= 4 is 57.6 Å². The van der Waals surface area contributed by atoms with Gasteiger partial charge in [-0.1, -0.05) is 36.2 Å². The van der Waals surface area contributed by atoms with Gasteiger partial charge in [0.15, 0.2) is 6.61 Å². The average molecular weight is 535 g/mol. The minimum absolute atomic E-state index is 0.110. The van der Waals surface area contributed by atoms with Crippen LogP contribution in [0.1, 0.15) is 18.9 Å². The normalized spacial score (nSPS) is 11.6. The minimum atomic E-state index is -0.662. The molecule has 1 unspecified atom stereocenters. The summed E-state index contributed by atoms with van der Waals surface area (Å²) in [6.07, 6.45) is 0.441. The van der Waals surface area contributed by atoms with Crippen LogP contribution >= 0.6 is 45.8 Å². The van der Waals surface area contributed by atoms with Gasteiger partial charge in [-0.05, 0) is 65.4 Å². The Morgan fingerprint density at radius 3 is 2.29 bits per heavy atom. The Morgan fingerprint density at radius 1 is 1.14 bits per heavy atom. The smallest absolute Gasteiger partial charge is 0.261 e. The third-order valence-electron chi connectivity index (χ3n) is 4.20. The van der Waals surface area contributed by atoms with Gasteiger partial charge in [0.2, 0.25) is 5.91 Å². The lowest BCUT2D eigenvalue weighted by atomic mass is 10.1. The molecule has 0 bridgehead atoms. The first kappa shape index (κ1) is 22.8. The van der Waals surface area contributed by atoms with Crippen molar-refractivity contribution in [1.82, 2.24) is 10.2 Å². The Hall–Kier alpha value is -1.51. The molecule has 8 heteroatoms. The largest absolute Gasteiger partial charge is 0.484 e. The summed E-state index contributed by atoms with van der Waals surface area (Å²) in [7, 11) is 1.54. The van der Waals surface area contributed by atoms with E-state index in [1.807, 2.05) is 19.1 Å². The summed E-state index contributed by atoms with van der Waals surface area (Å²) in [6, 6.07) is 11.8. The van der Waals surface area contributed by atoms with Gasteiger partial charge in [0, 0.05) is 32.8 Å². The van der Waals surface area contributed by atoms with Crippen LogP contribution in [0.4, 0.5) is 0 Å². The number of rotatable bonds is 8. The van der Waals surface area contributed by atoms with E-state index in [0.29, 0.717) is 27.8 Å². The molecular formula is C20H21Cl2IN2O3. The van der Waals surface area contributed by atoms with Crippen molar-refractivity contribution in [3.05, 3.63) is 61.6 Å². The van der Waals surface area contributed by atoms with Gasteiger partial charge < -0.3 is 15.0 Å². The number of carbonyl (C=O) groups is 2. The van der Waals surface area contributed by atoms with Crippen molar-refractivity contribution in [1.29, 1.82) is 0 Å². The SMILES string of the molecule is CCC(C(=O)NC)N(Cc1c(Cl)cccc1Cl)C(=O)COc1ccc(I)cc1. The van der Waals surface area contributed by atoms with Gasteiger partial charge in [0.1, 0.15) is 11.8 Å². The van der Waals surface area contributed by atoms with Crippen LogP contribution in [0.25, 0.3) is 0 Å². The quantitative estimate of drug-likeness (QED) is 0.506. The van der Waals surface area contributed by atoms with Gasteiger partial charge in [0.25, 0.3) is 5.91 Å². The number of amides is 2. The van der Waals surface area contributed by atoms with Crippen molar-refractivity contribution in [2.24, 2.45) is 0 Å². The number of likely N-dealkylation sites (N-methyl/N-ethyl adjacent to an activating group) is 1. The average Bonchev–Trinajstić information content (AvgIpc) is 2.69. The summed E-state index contributed by atoms with van der Waals surface area (Å²) in [6.45, 7) is 1.75. The Morgan fingerprint density at radius 2 is 1.75 bits per heavy atom. The molecule has 0 radical (unpaired) electrons. The molecular weight excluding hydrogens is 514 g/mol. The highest BCUT2D eigenvalue weighted by atomic mass is 127. The Labute approximate surface area is 188 Å². The molecule has 2 rings (SSSR count). The number of ether oxygens (including phenoxy) is 1. The van der Waals surface area contributed by atoms with Crippen molar-refractivity contribution in [2.45, 2.75) is 25.9 Å². The Kier molecular flexibility index (Phi) is 8.85. The van der Waals surface area contributed by atoms with Crippen molar-refractivity contribution in [3.8, 4) is 5.75 Å². The molecule has 0 saturated carbocycles. The predicted octanol–water partition coefficient (Wildman–Crippen LogP) is 4.53. The number of halogens is 3. The number of hydrogen-bond acceptors (Lipinski definition) is 3. The van der Waals surface area contributed by atoms with Gasteiger partial charge in [-0.2, -0.15) is 0 Å². The zero-order valence-corrected chi connectivity index (χ0v) is 19.2. The van der Waals surface area contributed by atoms with Gasteiger partial charge in [-0.25, -0.2) is 0 Å². The van der Waals surface area contributed by atoms with E-state index in [-0.39, 0.29) is 25.0 Å². The molecule has 1 N–H and O–H groups in total. The molecule has 0 spiro atoms. The molecule has 150 valence electrons. The van der Waals surface area contributed by atoms with Crippen LogP contribution < -0.4 is 10.1 Å². The van der Waals surface area contributed by atoms with E-state index in [0.717, 1.165) is 3.57 Å². The minimum Gasteiger partial charge on any atom is -0.484 e. The molecule has 0 heterocycles. The maximum absolute atomic E-state index is 13.0. The summed E-state index contributed by atoms with van der Waals surface area (Å²) in [5.41, 5.74) is 0.593. The fraction of sp³-hybridized carbons (Fsp3) is 0.300. The Balaban J connectivity index is 2.24. The van der Waals surface area contributed by atoms with Crippen LogP contribution in [0.2, 0.25) is 10.0 Å². The molecule has 0 fully saturated rings. The molecule has 28 heavy (non-hydrogen) atoms. The number of benzene rings is 2. The monoisotopic (exact) mass is 534 g/mol. The summed E-state index contributed by atoms with van der Waals surface area (Å²) in [4.78, 5) is 26.8. The van der Waals surface area contributed by atoms with Crippen molar-refractivity contribution in [2.75, 3.05) is 13.7 Å². The van der Waals surface area contributed by atoms with Crippen LogP contribution in [0.5, 0.6) is 5.75 Å². The molecule has 2 aromatic rings. The number of nitrogens with zero attached hydrogens (tertiary/aromatic N) is 1. The van der Waals surface area contributed by atoms with Crippen LogP contribution in [-0.4, -0.2) is 36.4 Å². The van der Waals surface area contributed by atoms with Crippen LogP contribution in [0, 0.1) is 3.57 Å². The van der Waals surface area contributed by atoms with E-state index < -0.39 is 6.04 Å². The molecule has 0 aromatic heterocycles. The zero-order chi connectivity index (χ0) is 20.7. The lowest BCUT2D eigenvalue weighted by Crippen LogP contribution is -2.49. The van der Waals surface area contributed by atoms with Crippen LogP contribution in [-0.2, 0) is 16.1 Å². The molecule has 2 aromatic carbocycles. The fourth-order valence-corrected chi connectivity index (χ4v) is 3.58. The summed E-state index contributed by atoms with van der Waals surface area (Å²) in [5.74, 6) is -0.00393. The lowest BCUT2D eigenvalue weighted by molar-refractivity contribution is -0.142. The highest BCUT2D eigenvalue weighted by Crippen LogP contribution is 2.27. The number of hydrogen-bond donors (Lipinski definition) is 1. The third kappa shape index (κ3) is 5.99. The second-order valence-corrected chi connectivity index (χ2v) is 8.06. The first-order valence-corrected chi connectivity index (χ1v) is 10.5. The second kappa shape index (κ2) is 10.9. The topological polar surface area (TPSA) is 58.6 Å². The van der Waals surface area contributed by atoms with Gasteiger partial charge in [-0.3, -0.25) is 9.59 Å². The maximum atomic E-state index is 13.0. The summed E-state index contributed by atoms with van der Waals surface area (Å²) < 4.78 is 6.68. The molecule has 5 nitrogen and oxygen atoms in total. The van der Waals surface area contributed by atoms with Gasteiger partial charge in [0.05, 0.1) is 0 Å². The Bertz CT molecular complexity index is 810. The van der Waals surface area contributed by atoms with Crippen LogP contribution in [0.15, 0.2) is 42.5 Å². The summed E-state index contributed by atoms with van der Waals surface area (Å²) in [5, 5.41) is 3.49. The number of carbonyl (C=O) groups excluding carboxylic acids is 2.